The van der Waals surface area contributed by atoms with Gasteiger partial charge in [0.1, 0.15) is 6.10 Å². The van der Waals surface area contributed by atoms with Crippen molar-refractivity contribution in [3.05, 3.63) is 65.7 Å². The molecule has 4 nitrogen and oxygen atoms in total. The predicted molar refractivity (Wildman–Crippen MR) is 113 cm³/mol. The van der Waals surface area contributed by atoms with E-state index in [2.05, 4.69) is 29.2 Å². The summed E-state index contributed by atoms with van der Waals surface area (Å²) in [4.78, 5) is 15.9. The second-order valence-electron chi connectivity index (χ2n) is 8.43. The van der Waals surface area contributed by atoms with E-state index in [1.807, 2.05) is 6.07 Å². The number of likely N-dealkylation sites (tertiary alicyclic amines) is 1. The Balaban J connectivity index is 1.24. The molecule has 166 valence electrons. The van der Waals surface area contributed by atoms with Gasteiger partial charge < -0.3 is 9.64 Å². The quantitative estimate of drug-likeness (QED) is 0.615. The Bertz CT molecular complexity index is 880. The lowest BCUT2D eigenvalue weighted by Crippen LogP contribution is -2.36. The van der Waals surface area contributed by atoms with Crippen molar-refractivity contribution in [3.8, 4) is 0 Å². The molecule has 2 aromatic carbocycles. The molecular weight excluding hydrogens is 405 g/mol. The highest BCUT2D eigenvalue weighted by molar-refractivity contribution is 5.89. The molecule has 2 fully saturated rings. The molecule has 0 spiro atoms. The van der Waals surface area contributed by atoms with Gasteiger partial charge in [-0.1, -0.05) is 36.4 Å². The van der Waals surface area contributed by atoms with Crippen LogP contribution in [0.5, 0.6) is 0 Å². The number of nitrogens with zero attached hydrogens (tertiary/aromatic N) is 2. The van der Waals surface area contributed by atoms with Gasteiger partial charge in [-0.25, -0.2) is 4.79 Å². The van der Waals surface area contributed by atoms with Crippen molar-refractivity contribution in [2.75, 3.05) is 31.1 Å². The molecule has 0 N–H and O–H groups in total. The zero-order valence-electron chi connectivity index (χ0n) is 17.4. The van der Waals surface area contributed by atoms with Crippen LogP contribution < -0.4 is 4.90 Å². The van der Waals surface area contributed by atoms with Crippen molar-refractivity contribution < 1.29 is 22.7 Å². The summed E-state index contributed by atoms with van der Waals surface area (Å²) in [6.45, 7) is 3.15. The van der Waals surface area contributed by atoms with Gasteiger partial charge in [-0.2, -0.15) is 13.2 Å². The van der Waals surface area contributed by atoms with Crippen LogP contribution in [0.1, 0.15) is 30.4 Å². The fourth-order valence-electron chi connectivity index (χ4n) is 4.42. The van der Waals surface area contributed by atoms with Gasteiger partial charge in [0.15, 0.2) is 0 Å². The molecule has 2 aliphatic heterocycles. The van der Waals surface area contributed by atoms with Crippen LogP contribution in [0, 0.1) is 5.92 Å². The normalized spacial score (nSPS) is 20.8. The van der Waals surface area contributed by atoms with Crippen molar-refractivity contribution in [2.45, 2.75) is 38.0 Å². The Hall–Kier alpha value is -2.54. The first-order chi connectivity index (χ1) is 14.9. The predicted octanol–water partition coefficient (Wildman–Crippen LogP) is 5.38. The maximum Gasteiger partial charge on any atom is 0.416 e. The number of halogens is 3. The van der Waals surface area contributed by atoms with E-state index >= 15 is 0 Å². The Labute approximate surface area is 180 Å². The topological polar surface area (TPSA) is 32.8 Å². The number of rotatable bonds is 6. The lowest BCUT2D eigenvalue weighted by atomic mass is 9.90. The third-order valence-electron chi connectivity index (χ3n) is 6.20. The fourth-order valence-corrected chi connectivity index (χ4v) is 4.42. The molecule has 2 saturated heterocycles. The minimum absolute atomic E-state index is 0.226. The third-order valence-corrected chi connectivity index (χ3v) is 6.20. The summed E-state index contributed by atoms with van der Waals surface area (Å²) >= 11 is 0. The molecule has 2 aliphatic rings. The first-order valence-corrected chi connectivity index (χ1v) is 10.8. The molecule has 0 aromatic heterocycles. The molecule has 2 aromatic rings. The maximum absolute atomic E-state index is 13.0. The lowest BCUT2D eigenvalue weighted by molar-refractivity contribution is -0.137. The Kier molecular flexibility index (Phi) is 6.51. The maximum atomic E-state index is 13.0. The molecule has 0 aliphatic carbocycles. The van der Waals surface area contributed by atoms with Crippen LogP contribution in [0.25, 0.3) is 0 Å². The Morgan fingerprint density at radius 2 is 1.74 bits per heavy atom. The number of alkyl halides is 3. The van der Waals surface area contributed by atoms with Gasteiger partial charge in [-0.3, -0.25) is 4.90 Å². The first-order valence-electron chi connectivity index (χ1n) is 10.8. The fraction of sp³-hybridized carbons (Fsp3) is 0.458. The van der Waals surface area contributed by atoms with Crippen LogP contribution in [0.2, 0.25) is 0 Å². The highest BCUT2D eigenvalue weighted by Crippen LogP contribution is 2.33. The van der Waals surface area contributed by atoms with Gasteiger partial charge in [0.2, 0.25) is 0 Å². The molecule has 0 bridgehead atoms. The Morgan fingerprint density at radius 3 is 2.45 bits per heavy atom. The van der Waals surface area contributed by atoms with E-state index in [1.54, 1.807) is 0 Å². The third kappa shape index (κ3) is 5.58. The van der Waals surface area contributed by atoms with Gasteiger partial charge in [0, 0.05) is 12.2 Å². The average molecular weight is 432 g/mol. The number of benzene rings is 2. The van der Waals surface area contributed by atoms with Crippen LogP contribution in [0.3, 0.4) is 0 Å². The molecular formula is C24H27F3N2O2. The van der Waals surface area contributed by atoms with E-state index < -0.39 is 17.8 Å². The molecule has 1 atom stereocenters. The van der Waals surface area contributed by atoms with Crippen LogP contribution >= 0.6 is 0 Å². The molecule has 7 heteroatoms. The number of hydrogen-bond donors (Lipinski definition) is 0. The zero-order valence-corrected chi connectivity index (χ0v) is 17.4. The summed E-state index contributed by atoms with van der Waals surface area (Å²) in [6.07, 6.45) is -1.22. The first kappa shape index (κ1) is 21.7. The number of hydrogen-bond acceptors (Lipinski definition) is 3. The SMILES string of the molecule is O=C1OC(CCN2CCC(Cc3ccccc3)CC2)CN1c1cccc(C(F)(F)F)c1. The van der Waals surface area contributed by atoms with Crippen molar-refractivity contribution in [2.24, 2.45) is 5.92 Å². The van der Waals surface area contributed by atoms with E-state index in [-0.39, 0.29) is 18.3 Å². The molecule has 1 unspecified atom stereocenters. The van der Waals surface area contributed by atoms with Crippen molar-refractivity contribution in [1.29, 1.82) is 0 Å². The van der Waals surface area contributed by atoms with Crippen LogP contribution in [-0.2, 0) is 17.3 Å². The summed E-state index contributed by atoms with van der Waals surface area (Å²) in [5.74, 6) is 0.694. The van der Waals surface area contributed by atoms with Crippen molar-refractivity contribution in [3.63, 3.8) is 0 Å². The largest absolute Gasteiger partial charge is 0.444 e. The zero-order chi connectivity index (χ0) is 21.8. The van der Waals surface area contributed by atoms with Crippen LogP contribution in [0.4, 0.5) is 23.7 Å². The minimum atomic E-state index is -4.44. The number of carbonyl (C=O) groups is 1. The van der Waals surface area contributed by atoms with E-state index in [9.17, 15) is 18.0 Å². The Morgan fingerprint density at radius 1 is 1.00 bits per heavy atom. The van der Waals surface area contributed by atoms with Gasteiger partial charge >= 0.3 is 12.3 Å². The molecule has 4 rings (SSSR count). The van der Waals surface area contributed by atoms with Gasteiger partial charge in [0.05, 0.1) is 12.1 Å². The van der Waals surface area contributed by atoms with Crippen LogP contribution in [-0.4, -0.2) is 43.3 Å². The van der Waals surface area contributed by atoms with Crippen LogP contribution in [0.15, 0.2) is 54.6 Å². The summed E-state index contributed by atoms with van der Waals surface area (Å²) in [7, 11) is 0. The van der Waals surface area contributed by atoms with Gasteiger partial charge in [-0.15, -0.1) is 0 Å². The summed E-state index contributed by atoms with van der Waals surface area (Å²) in [5.41, 5.74) is 0.845. The second-order valence-corrected chi connectivity index (χ2v) is 8.43. The molecule has 1 amide bonds. The summed E-state index contributed by atoms with van der Waals surface area (Å²) in [6, 6.07) is 15.4. The number of ether oxygens (including phenoxy) is 1. The van der Waals surface area contributed by atoms with Gasteiger partial charge in [0.25, 0.3) is 0 Å². The van der Waals surface area contributed by atoms with Crippen molar-refractivity contribution in [1.82, 2.24) is 4.90 Å². The smallest absolute Gasteiger partial charge is 0.416 e. The lowest BCUT2D eigenvalue weighted by Gasteiger charge is -2.32. The van der Waals surface area contributed by atoms with E-state index in [0.717, 1.165) is 51.0 Å². The number of piperidine rings is 1. The molecule has 0 radical (unpaired) electrons. The number of anilines is 1. The van der Waals surface area contributed by atoms with E-state index in [1.165, 1.54) is 22.6 Å². The second kappa shape index (κ2) is 9.30. The standard InChI is InChI=1S/C24H27F3N2O2/c25-24(26,27)20-7-4-8-21(16-20)29-17-22(31-23(29)30)11-14-28-12-9-19(10-13-28)15-18-5-2-1-3-6-18/h1-8,16,19,22H,9-15,17H2. The minimum Gasteiger partial charge on any atom is -0.444 e. The monoisotopic (exact) mass is 432 g/mol. The summed E-state index contributed by atoms with van der Waals surface area (Å²) in [5, 5.41) is 0. The van der Waals surface area contributed by atoms with E-state index in [4.69, 9.17) is 4.74 Å². The molecule has 0 saturated carbocycles. The average Bonchev–Trinajstić information content (AvgIpc) is 3.14. The highest BCUT2D eigenvalue weighted by Gasteiger charge is 2.35. The highest BCUT2D eigenvalue weighted by atomic mass is 19.4. The number of carbonyl (C=O) groups excluding carboxylic acids is 1. The summed E-state index contributed by atoms with van der Waals surface area (Å²) < 4.78 is 44.3. The molecule has 31 heavy (non-hydrogen) atoms. The van der Waals surface area contributed by atoms with Crippen molar-refractivity contribution >= 4 is 11.8 Å². The number of amides is 1. The molecule has 2 heterocycles. The van der Waals surface area contributed by atoms with E-state index in [0.29, 0.717) is 12.3 Å². The number of cyclic esters (lactones) is 1. The van der Waals surface area contributed by atoms with Gasteiger partial charge in [-0.05, 0) is 68.5 Å².